The van der Waals surface area contributed by atoms with E-state index in [-0.39, 0.29) is 5.78 Å². The molecule has 182 valence electrons. The molecule has 0 spiro atoms. The molecule has 10 heteroatoms. The van der Waals surface area contributed by atoms with Gasteiger partial charge in [0.15, 0.2) is 5.78 Å². The van der Waals surface area contributed by atoms with E-state index in [0.717, 1.165) is 5.69 Å². The first-order chi connectivity index (χ1) is 15.5. The molecule has 1 fully saturated rings. The Balaban J connectivity index is 1.89. The monoisotopic (exact) mass is 464 g/mol. The highest BCUT2D eigenvalue weighted by molar-refractivity contribution is 5.99. The quantitative estimate of drug-likeness (QED) is 0.146. The second-order valence-corrected chi connectivity index (χ2v) is 8.12. The summed E-state index contributed by atoms with van der Waals surface area (Å²) in [5.74, 6) is -1.14. The molecule has 1 aliphatic rings. The summed E-state index contributed by atoms with van der Waals surface area (Å²) < 4.78 is 5.13. The molecule has 1 saturated heterocycles. The minimum absolute atomic E-state index is 0.0524. The highest BCUT2D eigenvalue weighted by Crippen LogP contribution is 2.21. The van der Waals surface area contributed by atoms with E-state index in [4.69, 9.17) is 14.7 Å². The summed E-state index contributed by atoms with van der Waals surface area (Å²) in [5.41, 5.74) is 4.30. The molecule has 33 heavy (non-hydrogen) atoms. The molecule has 0 unspecified atom stereocenters. The number of hydrogen-bond acceptors (Lipinski definition) is 9. The van der Waals surface area contributed by atoms with Crippen molar-refractivity contribution in [3.8, 4) is 0 Å². The lowest BCUT2D eigenvalue weighted by Crippen LogP contribution is -2.60. The Bertz CT molecular complexity index is 866. The molecule has 1 aromatic carbocycles. The lowest BCUT2D eigenvalue weighted by atomic mass is 9.97. The molecule has 1 heterocycles. The van der Waals surface area contributed by atoms with Gasteiger partial charge in [0.2, 0.25) is 6.29 Å². The van der Waals surface area contributed by atoms with Crippen LogP contribution in [0.15, 0.2) is 48.1 Å². The third kappa shape index (κ3) is 7.19. The Labute approximate surface area is 192 Å². The SMILES string of the molecule is CC(/C=C/C(=O)NO[C@@H]1O[C@H](CO)[C@@H](O)[C@H](O)[C@H]1O)=C\[C@@H](C)C(=O)c1ccc(N(C)C)cc1. The van der Waals surface area contributed by atoms with Crippen molar-refractivity contribution >= 4 is 17.4 Å². The number of allylic oxidation sites excluding steroid dienone is 3. The van der Waals surface area contributed by atoms with Gasteiger partial charge in [0, 0.05) is 37.3 Å². The van der Waals surface area contributed by atoms with Crippen LogP contribution in [-0.2, 0) is 14.4 Å². The Kier molecular flexibility index (Phi) is 9.71. The molecule has 1 aliphatic heterocycles. The van der Waals surface area contributed by atoms with Crippen molar-refractivity contribution in [1.82, 2.24) is 5.48 Å². The van der Waals surface area contributed by atoms with Crippen molar-refractivity contribution in [1.29, 1.82) is 0 Å². The summed E-state index contributed by atoms with van der Waals surface area (Å²) in [6, 6.07) is 7.29. The average Bonchev–Trinajstić information content (AvgIpc) is 2.80. The van der Waals surface area contributed by atoms with E-state index >= 15 is 0 Å². The molecular formula is C23H32N2O8. The van der Waals surface area contributed by atoms with Gasteiger partial charge in [0.1, 0.15) is 24.4 Å². The van der Waals surface area contributed by atoms with Gasteiger partial charge >= 0.3 is 0 Å². The predicted octanol–water partition coefficient (Wildman–Crippen LogP) is -0.0784. The maximum Gasteiger partial charge on any atom is 0.267 e. The standard InChI is InChI=1S/C23H32N2O8/c1-13(11-14(2)19(28)15-6-8-16(9-7-15)25(3)4)5-10-18(27)24-33-23-22(31)21(30)20(29)17(12-26)32-23/h5-11,14,17,20-23,26,29-31H,12H2,1-4H3,(H,24,27)/b10-5+,13-11+/t14-,17-,20-,21+,22-,23+/m1/s1. The number of amides is 1. The summed E-state index contributed by atoms with van der Waals surface area (Å²) in [7, 11) is 3.84. The zero-order valence-corrected chi connectivity index (χ0v) is 19.1. The van der Waals surface area contributed by atoms with Crippen molar-refractivity contribution < 1.29 is 39.6 Å². The number of ketones is 1. The molecule has 0 saturated carbocycles. The zero-order valence-electron chi connectivity index (χ0n) is 19.1. The van der Waals surface area contributed by atoms with E-state index in [1.165, 1.54) is 12.2 Å². The molecule has 0 aromatic heterocycles. The van der Waals surface area contributed by atoms with Gasteiger partial charge in [0.25, 0.3) is 5.91 Å². The fourth-order valence-corrected chi connectivity index (χ4v) is 3.23. The highest BCUT2D eigenvalue weighted by Gasteiger charge is 2.44. The summed E-state index contributed by atoms with van der Waals surface area (Å²) in [6.07, 6.45) is -3.02. The summed E-state index contributed by atoms with van der Waals surface area (Å²) in [6.45, 7) is 2.89. The third-order valence-corrected chi connectivity index (χ3v) is 5.22. The molecular weight excluding hydrogens is 432 g/mol. The van der Waals surface area contributed by atoms with Gasteiger partial charge in [-0.1, -0.05) is 24.6 Å². The Morgan fingerprint density at radius 3 is 2.33 bits per heavy atom. The zero-order chi connectivity index (χ0) is 24.7. The maximum absolute atomic E-state index is 12.6. The number of Topliss-reactive ketones (excluding diaryl/α,β-unsaturated/α-hetero) is 1. The number of aliphatic hydroxyl groups excluding tert-OH is 4. The van der Waals surface area contributed by atoms with E-state index in [1.54, 1.807) is 32.1 Å². The first kappa shape index (κ1) is 26.7. The number of carbonyl (C=O) groups is 2. The van der Waals surface area contributed by atoms with Crippen molar-refractivity contribution in [2.24, 2.45) is 5.92 Å². The molecule has 0 bridgehead atoms. The van der Waals surface area contributed by atoms with E-state index in [9.17, 15) is 24.9 Å². The topological polar surface area (TPSA) is 149 Å². The van der Waals surface area contributed by atoms with Crippen LogP contribution in [0.4, 0.5) is 5.69 Å². The number of hydrogen-bond donors (Lipinski definition) is 5. The number of anilines is 1. The van der Waals surface area contributed by atoms with Gasteiger partial charge in [-0.15, -0.1) is 0 Å². The number of rotatable bonds is 9. The molecule has 10 nitrogen and oxygen atoms in total. The smallest absolute Gasteiger partial charge is 0.267 e. The fourth-order valence-electron chi connectivity index (χ4n) is 3.23. The molecule has 0 radical (unpaired) electrons. The Hall–Kier alpha value is -2.60. The van der Waals surface area contributed by atoms with E-state index in [2.05, 4.69) is 5.48 Å². The molecule has 5 N–H and O–H groups in total. The Morgan fingerprint density at radius 1 is 1.12 bits per heavy atom. The fraction of sp³-hybridized carbons (Fsp3) is 0.478. The normalized spacial score (nSPS) is 26.8. The summed E-state index contributed by atoms with van der Waals surface area (Å²) in [4.78, 5) is 31.5. The molecule has 2 rings (SSSR count). The first-order valence-electron chi connectivity index (χ1n) is 10.5. The molecule has 0 aliphatic carbocycles. The van der Waals surface area contributed by atoms with Crippen LogP contribution in [0.3, 0.4) is 0 Å². The largest absolute Gasteiger partial charge is 0.394 e. The van der Waals surface area contributed by atoms with Crippen LogP contribution >= 0.6 is 0 Å². The predicted molar refractivity (Wildman–Crippen MR) is 120 cm³/mol. The minimum atomic E-state index is -1.63. The number of ether oxygens (including phenoxy) is 1. The van der Waals surface area contributed by atoms with Crippen molar-refractivity contribution in [3.63, 3.8) is 0 Å². The molecule has 1 aromatic rings. The van der Waals surface area contributed by atoms with Gasteiger partial charge < -0.3 is 30.1 Å². The van der Waals surface area contributed by atoms with Gasteiger partial charge in [-0.2, -0.15) is 0 Å². The number of aliphatic hydroxyl groups is 4. The van der Waals surface area contributed by atoms with Gasteiger partial charge in [-0.3, -0.25) is 9.59 Å². The van der Waals surface area contributed by atoms with Gasteiger partial charge in [-0.05, 0) is 31.2 Å². The number of carbonyl (C=O) groups excluding carboxylic acids is 2. The van der Waals surface area contributed by atoms with Gasteiger partial charge in [-0.25, -0.2) is 10.3 Å². The van der Waals surface area contributed by atoms with Crippen molar-refractivity contribution in [2.45, 2.75) is 44.6 Å². The van der Waals surface area contributed by atoms with Crippen molar-refractivity contribution in [2.75, 3.05) is 25.6 Å². The van der Waals surface area contributed by atoms with E-state index in [1.807, 2.05) is 31.1 Å². The number of hydroxylamine groups is 1. The molecule has 6 atom stereocenters. The third-order valence-electron chi connectivity index (χ3n) is 5.22. The van der Waals surface area contributed by atoms with E-state index in [0.29, 0.717) is 11.1 Å². The van der Waals surface area contributed by atoms with E-state index < -0.39 is 49.1 Å². The lowest BCUT2D eigenvalue weighted by molar-refractivity contribution is -0.312. The summed E-state index contributed by atoms with van der Waals surface area (Å²) >= 11 is 0. The number of benzene rings is 1. The van der Waals surface area contributed by atoms with Crippen LogP contribution in [-0.4, -0.2) is 83.5 Å². The van der Waals surface area contributed by atoms with Crippen LogP contribution in [0.2, 0.25) is 0 Å². The lowest BCUT2D eigenvalue weighted by Gasteiger charge is -2.38. The van der Waals surface area contributed by atoms with Crippen molar-refractivity contribution in [3.05, 3.63) is 53.6 Å². The second kappa shape index (κ2) is 12.0. The molecule has 1 amide bonds. The van der Waals surface area contributed by atoms with Crippen LogP contribution in [0.25, 0.3) is 0 Å². The van der Waals surface area contributed by atoms with Crippen LogP contribution in [0.5, 0.6) is 0 Å². The summed E-state index contributed by atoms with van der Waals surface area (Å²) in [5, 5.41) is 38.5. The van der Waals surface area contributed by atoms with Crippen LogP contribution in [0, 0.1) is 5.92 Å². The number of nitrogens with one attached hydrogen (secondary N) is 1. The maximum atomic E-state index is 12.6. The van der Waals surface area contributed by atoms with Crippen LogP contribution in [0.1, 0.15) is 24.2 Å². The first-order valence-corrected chi connectivity index (χ1v) is 10.5. The average molecular weight is 465 g/mol. The highest BCUT2D eigenvalue weighted by atomic mass is 16.8. The number of nitrogens with zero attached hydrogens (tertiary/aromatic N) is 1. The minimum Gasteiger partial charge on any atom is -0.394 e. The second-order valence-electron chi connectivity index (χ2n) is 8.12. The van der Waals surface area contributed by atoms with Crippen LogP contribution < -0.4 is 10.4 Å². The Morgan fingerprint density at radius 2 is 1.76 bits per heavy atom. The van der Waals surface area contributed by atoms with Gasteiger partial charge in [0.05, 0.1) is 6.61 Å².